The lowest BCUT2D eigenvalue weighted by atomic mass is 10.0. The lowest BCUT2D eigenvalue weighted by Crippen LogP contribution is -2.56. The summed E-state index contributed by atoms with van der Waals surface area (Å²) < 4.78 is 1.48. The zero-order chi connectivity index (χ0) is 18.0. The van der Waals surface area contributed by atoms with Crippen LogP contribution in [0.3, 0.4) is 0 Å². The van der Waals surface area contributed by atoms with E-state index in [0.29, 0.717) is 25.2 Å². The van der Waals surface area contributed by atoms with Crippen LogP contribution in [0.5, 0.6) is 5.75 Å². The molecule has 0 saturated carbocycles. The predicted octanol–water partition coefficient (Wildman–Crippen LogP) is 0.665. The minimum absolute atomic E-state index is 0.0117. The van der Waals surface area contributed by atoms with Gasteiger partial charge < -0.3 is 14.9 Å². The van der Waals surface area contributed by atoms with Crippen molar-refractivity contribution in [2.75, 3.05) is 19.6 Å². The Morgan fingerprint density at radius 3 is 2.76 bits per heavy atom. The number of nitrogens with zero attached hydrogens (tertiary/aromatic N) is 5. The maximum absolute atomic E-state index is 12.8. The number of rotatable bonds is 3. The molecule has 0 radical (unpaired) electrons. The van der Waals surface area contributed by atoms with Gasteiger partial charge in [0.25, 0.3) is 5.91 Å². The van der Waals surface area contributed by atoms with Crippen molar-refractivity contribution in [3.05, 3.63) is 42.0 Å². The quantitative estimate of drug-likeness (QED) is 0.884. The summed E-state index contributed by atoms with van der Waals surface area (Å²) in [6.45, 7) is 5.16. The predicted molar refractivity (Wildman–Crippen MR) is 89.9 cm³/mol. The number of hydrogen-bond donors (Lipinski definition) is 1. The van der Waals surface area contributed by atoms with Crippen molar-refractivity contribution >= 4 is 11.8 Å². The number of carbonyl (C=O) groups excluding carboxylic acids is 2. The first-order valence-corrected chi connectivity index (χ1v) is 8.17. The molecule has 8 heteroatoms. The summed E-state index contributed by atoms with van der Waals surface area (Å²) in [6.07, 6.45) is 2.89. The van der Waals surface area contributed by atoms with E-state index in [1.807, 2.05) is 6.92 Å². The summed E-state index contributed by atoms with van der Waals surface area (Å²) in [4.78, 5) is 32.5. The Bertz CT molecular complexity index is 754. The van der Waals surface area contributed by atoms with E-state index < -0.39 is 0 Å². The molecule has 1 aromatic carbocycles. The van der Waals surface area contributed by atoms with Crippen LogP contribution in [0.15, 0.2) is 30.9 Å². The molecule has 0 bridgehead atoms. The second-order valence-electron chi connectivity index (χ2n) is 6.25. The van der Waals surface area contributed by atoms with Crippen molar-refractivity contribution < 1.29 is 14.7 Å². The van der Waals surface area contributed by atoms with Gasteiger partial charge >= 0.3 is 0 Å². The molecule has 3 rings (SSSR count). The van der Waals surface area contributed by atoms with Crippen molar-refractivity contribution in [1.82, 2.24) is 24.6 Å². The summed E-state index contributed by atoms with van der Waals surface area (Å²) in [5, 5.41) is 14.0. The van der Waals surface area contributed by atoms with Gasteiger partial charge in [0, 0.05) is 25.7 Å². The maximum atomic E-state index is 12.8. The van der Waals surface area contributed by atoms with E-state index >= 15 is 0 Å². The molecule has 0 spiro atoms. The Balaban J connectivity index is 1.67. The van der Waals surface area contributed by atoms with Crippen LogP contribution in [0, 0.1) is 6.92 Å². The van der Waals surface area contributed by atoms with Crippen LogP contribution in [-0.2, 0) is 11.3 Å². The van der Waals surface area contributed by atoms with Gasteiger partial charge in [-0.05, 0) is 25.5 Å². The molecule has 25 heavy (non-hydrogen) atoms. The molecule has 2 aromatic rings. The number of aromatic hydroxyl groups is 1. The molecule has 2 amide bonds. The first-order chi connectivity index (χ1) is 12.0. The number of phenolic OH excluding ortho intramolecular Hbond substituents is 1. The van der Waals surface area contributed by atoms with E-state index in [2.05, 4.69) is 10.1 Å². The number of benzene rings is 1. The van der Waals surface area contributed by atoms with Gasteiger partial charge in [0.15, 0.2) is 0 Å². The zero-order valence-corrected chi connectivity index (χ0v) is 14.3. The molecule has 1 aromatic heterocycles. The molecule has 1 aliphatic rings. The largest absolute Gasteiger partial charge is 0.507 e. The number of carbonyl (C=O) groups is 2. The van der Waals surface area contributed by atoms with E-state index in [1.54, 1.807) is 28.9 Å². The molecule has 0 aliphatic carbocycles. The average Bonchev–Trinajstić information content (AvgIpc) is 3.07. The van der Waals surface area contributed by atoms with E-state index in [1.165, 1.54) is 23.4 Å². The summed E-state index contributed by atoms with van der Waals surface area (Å²) in [5.74, 6) is -0.267. The second kappa shape index (κ2) is 6.92. The number of aromatic nitrogens is 3. The maximum Gasteiger partial charge on any atom is 0.258 e. The van der Waals surface area contributed by atoms with E-state index in [0.717, 1.165) is 5.56 Å². The first-order valence-electron chi connectivity index (χ1n) is 8.17. The minimum atomic E-state index is -0.203. The highest BCUT2D eigenvalue weighted by Gasteiger charge is 2.31. The third-order valence-electron chi connectivity index (χ3n) is 4.46. The molecule has 1 fully saturated rings. The summed E-state index contributed by atoms with van der Waals surface area (Å²) in [7, 11) is 0. The number of phenols is 1. The standard InChI is InChI=1S/C17H21N5O3/c1-12-4-3-5-14(23)16(12)17(25)20-6-7-22(13(2)8-20)15(24)9-21-11-18-10-19-21/h3-5,10-11,13,23H,6-9H2,1-2H3. The average molecular weight is 343 g/mol. The zero-order valence-electron chi connectivity index (χ0n) is 14.3. The van der Waals surface area contributed by atoms with Crippen LogP contribution >= 0.6 is 0 Å². The monoisotopic (exact) mass is 343 g/mol. The van der Waals surface area contributed by atoms with Gasteiger partial charge in [0.2, 0.25) is 5.91 Å². The molecule has 1 saturated heterocycles. The minimum Gasteiger partial charge on any atom is -0.507 e. The van der Waals surface area contributed by atoms with Gasteiger partial charge in [0.1, 0.15) is 24.9 Å². The van der Waals surface area contributed by atoms with Crippen LogP contribution < -0.4 is 0 Å². The van der Waals surface area contributed by atoms with E-state index in [9.17, 15) is 14.7 Å². The molecule has 1 unspecified atom stereocenters. The lowest BCUT2D eigenvalue weighted by molar-refractivity contribution is -0.136. The molecule has 8 nitrogen and oxygen atoms in total. The van der Waals surface area contributed by atoms with Gasteiger partial charge in [-0.2, -0.15) is 5.10 Å². The third-order valence-corrected chi connectivity index (χ3v) is 4.46. The Labute approximate surface area is 145 Å². The summed E-state index contributed by atoms with van der Waals surface area (Å²) in [5.41, 5.74) is 1.07. The van der Waals surface area contributed by atoms with Crippen molar-refractivity contribution in [3.63, 3.8) is 0 Å². The SMILES string of the molecule is Cc1cccc(O)c1C(=O)N1CCN(C(=O)Cn2cncn2)C(C)C1. The number of hydrogen-bond acceptors (Lipinski definition) is 5. The van der Waals surface area contributed by atoms with E-state index in [4.69, 9.17) is 0 Å². The van der Waals surface area contributed by atoms with Crippen LogP contribution in [0.1, 0.15) is 22.8 Å². The van der Waals surface area contributed by atoms with Crippen LogP contribution in [-0.4, -0.2) is 67.2 Å². The highest BCUT2D eigenvalue weighted by atomic mass is 16.3. The van der Waals surface area contributed by atoms with Crippen molar-refractivity contribution in [1.29, 1.82) is 0 Å². The van der Waals surface area contributed by atoms with Crippen LogP contribution in [0.2, 0.25) is 0 Å². The Kier molecular flexibility index (Phi) is 4.69. The number of amides is 2. The lowest BCUT2D eigenvalue weighted by Gasteiger charge is -2.40. The second-order valence-corrected chi connectivity index (χ2v) is 6.25. The van der Waals surface area contributed by atoms with Gasteiger partial charge in [-0.3, -0.25) is 9.59 Å². The van der Waals surface area contributed by atoms with Gasteiger partial charge in [0.05, 0.1) is 5.56 Å². The van der Waals surface area contributed by atoms with Gasteiger partial charge in [-0.15, -0.1) is 0 Å². The normalized spacial score (nSPS) is 17.6. The van der Waals surface area contributed by atoms with Crippen LogP contribution in [0.4, 0.5) is 0 Å². The van der Waals surface area contributed by atoms with Crippen molar-refractivity contribution in [2.45, 2.75) is 26.4 Å². The molecule has 1 atom stereocenters. The molecule has 2 heterocycles. The summed E-state index contributed by atoms with van der Waals surface area (Å²) in [6, 6.07) is 4.92. The van der Waals surface area contributed by atoms with Crippen molar-refractivity contribution in [2.24, 2.45) is 0 Å². The Morgan fingerprint density at radius 2 is 2.12 bits per heavy atom. The molecular weight excluding hydrogens is 322 g/mol. The fourth-order valence-corrected chi connectivity index (χ4v) is 3.14. The third kappa shape index (κ3) is 3.47. The highest BCUT2D eigenvalue weighted by molar-refractivity contribution is 5.98. The first kappa shape index (κ1) is 16.9. The van der Waals surface area contributed by atoms with Gasteiger partial charge in [-0.1, -0.05) is 12.1 Å². The number of aryl methyl sites for hydroxylation is 1. The number of piperazine rings is 1. The fraction of sp³-hybridized carbons (Fsp3) is 0.412. The molecule has 1 aliphatic heterocycles. The van der Waals surface area contributed by atoms with Gasteiger partial charge in [-0.25, -0.2) is 9.67 Å². The van der Waals surface area contributed by atoms with Crippen molar-refractivity contribution in [3.8, 4) is 5.75 Å². The van der Waals surface area contributed by atoms with Crippen LogP contribution in [0.25, 0.3) is 0 Å². The van der Waals surface area contributed by atoms with E-state index in [-0.39, 0.29) is 30.2 Å². The molecular formula is C17H21N5O3. The smallest absolute Gasteiger partial charge is 0.258 e. The molecule has 132 valence electrons. The molecule has 1 N–H and O–H groups in total. The topological polar surface area (TPSA) is 91.6 Å². The Hall–Kier alpha value is -2.90. The highest BCUT2D eigenvalue weighted by Crippen LogP contribution is 2.23. The fourth-order valence-electron chi connectivity index (χ4n) is 3.14. The summed E-state index contributed by atoms with van der Waals surface area (Å²) >= 11 is 0. The Morgan fingerprint density at radius 1 is 1.32 bits per heavy atom.